The number of hydrogen-bond acceptors (Lipinski definition) is 2. The Labute approximate surface area is 128 Å². The number of hydrogen-bond donors (Lipinski definition) is 1. The molecular weight excluding hydrogens is 258 g/mol. The summed E-state index contributed by atoms with van der Waals surface area (Å²) in [7, 11) is 1.73. The molecule has 0 aliphatic carbocycles. The van der Waals surface area contributed by atoms with Crippen LogP contribution in [0.5, 0.6) is 5.75 Å². The minimum atomic E-state index is 0.289. The van der Waals surface area contributed by atoms with Gasteiger partial charge in [-0.15, -0.1) is 0 Å². The fraction of sp³-hybridized carbons (Fsp3) is 0.368. The van der Waals surface area contributed by atoms with Crippen LogP contribution in [0, 0.1) is 6.92 Å². The zero-order chi connectivity index (χ0) is 15.2. The first-order chi connectivity index (χ1) is 10.2. The van der Waals surface area contributed by atoms with E-state index in [9.17, 15) is 0 Å². The van der Waals surface area contributed by atoms with Crippen LogP contribution in [0.1, 0.15) is 49.0 Å². The van der Waals surface area contributed by atoms with Crippen molar-refractivity contribution in [1.29, 1.82) is 0 Å². The summed E-state index contributed by atoms with van der Waals surface area (Å²) in [6, 6.07) is 17.5. The maximum Gasteiger partial charge on any atom is 0.123 e. The van der Waals surface area contributed by atoms with E-state index in [0.717, 1.165) is 12.2 Å². The second-order valence-electron chi connectivity index (χ2n) is 5.51. The molecule has 0 heterocycles. The monoisotopic (exact) mass is 283 g/mol. The van der Waals surface area contributed by atoms with E-state index in [4.69, 9.17) is 4.74 Å². The summed E-state index contributed by atoms with van der Waals surface area (Å²) in [4.78, 5) is 0. The number of nitrogens with one attached hydrogen (secondary N) is 1. The van der Waals surface area contributed by atoms with Crippen molar-refractivity contribution in [2.75, 3.05) is 7.11 Å². The maximum absolute atomic E-state index is 5.49. The standard InChI is InChI=1S/C19H25NO/c1-5-18(17-11-6-7-12-19(17)21-4)20-15(3)16-10-8-9-14(2)13-16/h6-13,15,18,20H,5H2,1-4H3/t15-,18?/m0/s1. The molecule has 2 atom stereocenters. The number of aryl methyl sites for hydroxylation is 1. The van der Waals surface area contributed by atoms with E-state index >= 15 is 0 Å². The molecule has 1 N–H and O–H groups in total. The average Bonchev–Trinajstić information content (AvgIpc) is 2.52. The molecule has 0 aromatic heterocycles. The molecule has 1 unspecified atom stereocenters. The summed E-state index contributed by atoms with van der Waals surface area (Å²) in [6.07, 6.45) is 1.02. The number of benzene rings is 2. The molecule has 2 nitrogen and oxygen atoms in total. The van der Waals surface area contributed by atoms with Crippen LogP contribution in [0.2, 0.25) is 0 Å². The molecule has 2 heteroatoms. The molecule has 0 saturated heterocycles. The molecule has 2 rings (SSSR count). The second-order valence-corrected chi connectivity index (χ2v) is 5.51. The number of para-hydroxylation sites is 1. The van der Waals surface area contributed by atoms with Crippen LogP contribution < -0.4 is 10.1 Å². The summed E-state index contributed by atoms with van der Waals surface area (Å²) in [5, 5.41) is 3.72. The Balaban J connectivity index is 2.19. The predicted molar refractivity (Wildman–Crippen MR) is 88.8 cm³/mol. The van der Waals surface area contributed by atoms with E-state index in [1.807, 2.05) is 12.1 Å². The van der Waals surface area contributed by atoms with Crippen molar-refractivity contribution in [2.24, 2.45) is 0 Å². The van der Waals surface area contributed by atoms with Gasteiger partial charge < -0.3 is 10.1 Å². The Morgan fingerprint density at radius 3 is 2.52 bits per heavy atom. The smallest absolute Gasteiger partial charge is 0.123 e. The highest BCUT2D eigenvalue weighted by Crippen LogP contribution is 2.29. The summed E-state index contributed by atoms with van der Waals surface area (Å²) in [5.74, 6) is 0.952. The first-order valence-corrected chi connectivity index (χ1v) is 7.61. The first kappa shape index (κ1) is 15.6. The van der Waals surface area contributed by atoms with Gasteiger partial charge in [0.25, 0.3) is 0 Å². The van der Waals surface area contributed by atoms with Crippen LogP contribution in [0.25, 0.3) is 0 Å². The zero-order valence-electron chi connectivity index (χ0n) is 13.4. The van der Waals surface area contributed by atoms with Crippen LogP contribution in [-0.4, -0.2) is 7.11 Å². The summed E-state index contributed by atoms with van der Waals surface area (Å²) < 4.78 is 5.49. The lowest BCUT2D eigenvalue weighted by molar-refractivity contribution is 0.388. The lowest BCUT2D eigenvalue weighted by Gasteiger charge is -2.24. The third kappa shape index (κ3) is 3.85. The molecule has 0 aliphatic heterocycles. The van der Waals surface area contributed by atoms with Gasteiger partial charge in [-0.1, -0.05) is 55.0 Å². The molecule has 0 bridgehead atoms. The molecular formula is C19H25NO. The van der Waals surface area contributed by atoms with Gasteiger partial charge in [-0.3, -0.25) is 0 Å². The van der Waals surface area contributed by atoms with Gasteiger partial charge in [0.05, 0.1) is 7.11 Å². The Kier molecular flexibility index (Phi) is 5.40. The van der Waals surface area contributed by atoms with E-state index in [0.29, 0.717) is 6.04 Å². The molecule has 0 aliphatic rings. The maximum atomic E-state index is 5.49. The van der Waals surface area contributed by atoms with E-state index in [1.165, 1.54) is 16.7 Å². The van der Waals surface area contributed by atoms with Crippen LogP contribution in [0.3, 0.4) is 0 Å². The van der Waals surface area contributed by atoms with Crippen LogP contribution in [0.4, 0.5) is 0 Å². The van der Waals surface area contributed by atoms with E-state index in [2.05, 4.69) is 62.5 Å². The van der Waals surface area contributed by atoms with Gasteiger partial charge in [0.15, 0.2) is 0 Å². The van der Waals surface area contributed by atoms with Crippen molar-refractivity contribution < 1.29 is 4.74 Å². The van der Waals surface area contributed by atoms with Crippen LogP contribution >= 0.6 is 0 Å². The molecule has 0 radical (unpaired) electrons. The van der Waals surface area contributed by atoms with Gasteiger partial charge in [-0.25, -0.2) is 0 Å². The van der Waals surface area contributed by atoms with Crippen LogP contribution in [0.15, 0.2) is 48.5 Å². The molecule has 0 spiro atoms. The fourth-order valence-electron chi connectivity index (χ4n) is 2.72. The van der Waals surface area contributed by atoms with E-state index < -0.39 is 0 Å². The highest BCUT2D eigenvalue weighted by atomic mass is 16.5. The third-order valence-corrected chi connectivity index (χ3v) is 3.92. The van der Waals surface area contributed by atoms with Crippen molar-refractivity contribution >= 4 is 0 Å². The summed E-state index contributed by atoms with van der Waals surface area (Å²) in [5.41, 5.74) is 3.84. The molecule has 0 fully saturated rings. The highest BCUT2D eigenvalue weighted by molar-refractivity contribution is 5.36. The van der Waals surface area contributed by atoms with Crippen molar-refractivity contribution in [3.63, 3.8) is 0 Å². The second kappa shape index (κ2) is 7.28. The van der Waals surface area contributed by atoms with E-state index in [1.54, 1.807) is 7.11 Å². The van der Waals surface area contributed by atoms with Crippen molar-refractivity contribution in [2.45, 2.75) is 39.3 Å². The molecule has 2 aromatic rings. The van der Waals surface area contributed by atoms with Gasteiger partial charge in [0.1, 0.15) is 5.75 Å². The fourth-order valence-corrected chi connectivity index (χ4v) is 2.72. The molecule has 2 aromatic carbocycles. The largest absolute Gasteiger partial charge is 0.496 e. The van der Waals surface area contributed by atoms with Gasteiger partial charge in [0, 0.05) is 17.6 Å². The molecule has 0 amide bonds. The Morgan fingerprint density at radius 1 is 1.10 bits per heavy atom. The van der Waals surface area contributed by atoms with Gasteiger partial charge in [-0.05, 0) is 31.9 Å². The van der Waals surface area contributed by atoms with Crippen molar-refractivity contribution in [1.82, 2.24) is 5.32 Å². The quantitative estimate of drug-likeness (QED) is 0.821. The van der Waals surface area contributed by atoms with Crippen LogP contribution in [-0.2, 0) is 0 Å². The van der Waals surface area contributed by atoms with Gasteiger partial charge in [-0.2, -0.15) is 0 Å². The zero-order valence-corrected chi connectivity index (χ0v) is 13.4. The average molecular weight is 283 g/mol. The minimum absolute atomic E-state index is 0.289. The number of rotatable bonds is 6. The van der Waals surface area contributed by atoms with Crippen molar-refractivity contribution in [3.05, 3.63) is 65.2 Å². The lowest BCUT2D eigenvalue weighted by Crippen LogP contribution is -2.24. The predicted octanol–water partition coefficient (Wildman–Crippen LogP) is 4.81. The van der Waals surface area contributed by atoms with Gasteiger partial charge >= 0.3 is 0 Å². The summed E-state index contributed by atoms with van der Waals surface area (Å²) >= 11 is 0. The van der Waals surface area contributed by atoms with Gasteiger partial charge in [0.2, 0.25) is 0 Å². The number of methoxy groups -OCH3 is 1. The molecule has 0 saturated carbocycles. The highest BCUT2D eigenvalue weighted by Gasteiger charge is 2.17. The minimum Gasteiger partial charge on any atom is -0.496 e. The van der Waals surface area contributed by atoms with E-state index in [-0.39, 0.29) is 6.04 Å². The lowest BCUT2D eigenvalue weighted by atomic mass is 9.99. The normalized spacial score (nSPS) is 13.7. The summed E-state index contributed by atoms with van der Waals surface area (Å²) in [6.45, 7) is 6.55. The van der Waals surface area contributed by atoms with Crippen molar-refractivity contribution in [3.8, 4) is 5.75 Å². The third-order valence-electron chi connectivity index (χ3n) is 3.92. The Hall–Kier alpha value is -1.80. The molecule has 112 valence electrons. The first-order valence-electron chi connectivity index (χ1n) is 7.61. The SMILES string of the molecule is CCC(N[C@@H](C)c1cccc(C)c1)c1ccccc1OC. The topological polar surface area (TPSA) is 21.3 Å². The Bertz CT molecular complexity index is 579. The molecule has 21 heavy (non-hydrogen) atoms. The number of ether oxygens (including phenoxy) is 1. The Morgan fingerprint density at radius 2 is 1.86 bits per heavy atom.